The van der Waals surface area contributed by atoms with E-state index in [1.165, 1.54) is 11.1 Å². The van der Waals surface area contributed by atoms with Crippen molar-refractivity contribution in [1.82, 2.24) is 4.90 Å². The Balaban J connectivity index is 0.00000176. The Kier molecular flexibility index (Phi) is 4.90. The van der Waals surface area contributed by atoms with Gasteiger partial charge in [0.1, 0.15) is 5.41 Å². The quantitative estimate of drug-likeness (QED) is 0.826. The second kappa shape index (κ2) is 6.52. The van der Waals surface area contributed by atoms with Crippen LogP contribution >= 0.6 is 12.4 Å². The highest BCUT2D eigenvalue weighted by molar-refractivity contribution is 5.85. The lowest BCUT2D eigenvalue weighted by molar-refractivity contribution is 0.252. The van der Waals surface area contributed by atoms with Crippen LogP contribution in [0.25, 0.3) is 0 Å². The summed E-state index contributed by atoms with van der Waals surface area (Å²) in [5, 5.41) is 10.0. The lowest BCUT2D eigenvalue weighted by Crippen LogP contribution is -2.36. The van der Waals surface area contributed by atoms with Gasteiger partial charge in [0.2, 0.25) is 0 Å². The Morgan fingerprint density at radius 1 is 1.05 bits per heavy atom. The van der Waals surface area contributed by atoms with E-state index in [-0.39, 0.29) is 12.4 Å². The molecule has 0 saturated carbocycles. The third-order valence-corrected chi connectivity index (χ3v) is 4.65. The monoisotopic (exact) mass is 312 g/mol. The van der Waals surface area contributed by atoms with Gasteiger partial charge in [0.15, 0.2) is 0 Å². The van der Waals surface area contributed by atoms with Crippen LogP contribution < -0.4 is 0 Å². The average molecular weight is 313 g/mol. The molecule has 22 heavy (non-hydrogen) atoms. The van der Waals surface area contributed by atoms with E-state index in [2.05, 4.69) is 55.4 Å². The molecule has 0 heterocycles. The van der Waals surface area contributed by atoms with E-state index in [0.29, 0.717) is 6.04 Å². The van der Waals surface area contributed by atoms with Crippen LogP contribution in [0.3, 0.4) is 0 Å². The second-order valence-corrected chi connectivity index (χ2v) is 5.99. The van der Waals surface area contributed by atoms with Gasteiger partial charge in [0.05, 0.1) is 6.07 Å². The maximum atomic E-state index is 10.0. The maximum absolute atomic E-state index is 10.0. The molecule has 0 radical (unpaired) electrons. The highest BCUT2D eigenvalue weighted by Gasteiger charge is 2.41. The first kappa shape index (κ1) is 16.5. The van der Waals surface area contributed by atoms with Crippen molar-refractivity contribution in [3.05, 3.63) is 71.3 Å². The third-order valence-electron chi connectivity index (χ3n) is 4.65. The summed E-state index contributed by atoms with van der Waals surface area (Å²) >= 11 is 0. The van der Waals surface area contributed by atoms with Crippen molar-refractivity contribution >= 4 is 12.4 Å². The predicted molar refractivity (Wildman–Crippen MR) is 92.2 cm³/mol. The van der Waals surface area contributed by atoms with E-state index in [1.807, 2.05) is 24.3 Å². The molecular formula is C19H21ClN2. The molecular weight excluding hydrogens is 292 g/mol. The molecule has 2 atom stereocenters. The summed E-state index contributed by atoms with van der Waals surface area (Å²) in [6.45, 7) is 0. The minimum atomic E-state index is -0.510. The fourth-order valence-corrected chi connectivity index (χ4v) is 3.56. The molecule has 0 aromatic heterocycles. The van der Waals surface area contributed by atoms with E-state index in [4.69, 9.17) is 0 Å². The normalized spacial score (nSPS) is 23.3. The summed E-state index contributed by atoms with van der Waals surface area (Å²) in [5.74, 6) is 0. The van der Waals surface area contributed by atoms with Gasteiger partial charge in [-0.15, -0.1) is 12.4 Å². The molecule has 2 aromatic carbocycles. The SMILES string of the molecule is CN(C)[C@H]1CC[C@@](C#N)(c2ccccc2)c2ccccc21.Cl. The lowest BCUT2D eigenvalue weighted by Gasteiger charge is -2.40. The number of fused-ring (bicyclic) bond motifs is 1. The molecule has 0 bridgehead atoms. The molecule has 0 N–H and O–H groups in total. The van der Waals surface area contributed by atoms with Crippen molar-refractivity contribution in [3.8, 4) is 6.07 Å². The van der Waals surface area contributed by atoms with Crippen molar-refractivity contribution < 1.29 is 0 Å². The minimum Gasteiger partial charge on any atom is -0.302 e. The van der Waals surface area contributed by atoms with Crippen molar-refractivity contribution in [2.75, 3.05) is 14.1 Å². The predicted octanol–water partition coefficient (Wildman–Crippen LogP) is 4.31. The molecule has 2 aromatic rings. The number of benzene rings is 2. The molecule has 0 amide bonds. The molecule has 0 unspecified atom stereocenters. The van der Waals surface area contributed by atoms with Crippen molar-refractivity contribution in [2.45, 2.75) is 24.3 Å². The Morgan fingerprint density at radius 3 is 2.32 bits per heavy atom. The number of nitriles is 1. The van der Waals surface area contributed by atoms with Crippen LogP contribution in [0, 0.1) is 11.3 Å². The Labute approximate surface area is 138 Å². The van der Waals surface area contributed by atoms with Crippen LogP contribution in [-0.2, 0) is 5.41 Å². The summed E-state index contributed by atoms with van der Waals surface area (Å²) in [7, 11) is 4.23. The fraction of sp³-hybridized carbons (Fsp3) is 0.316. The van der Waals surface area contributed by atoms with Crippen LogP contribution in [-0.4, -0.2) is 19.0 Å². The standard InChI is InChI=1S/C19H20N2.ClH/c1-21(2)18-12-13-19(14-20,15-8-4-3-5-9-15)17-11-7-6-10-16(17)18;/h3-11,18H,12-13H2,1-2H3;1H/t18-,19+;/m0./s1. The van der Waals surface area contributed by atoms with Gasteiger partial charge in [-0.3, -0.25) is 0 Å². The molecule has 1 aliphatic rings. The largest absolute Gasteiger partial charge is 0.302 e. The van der Waals surface area contributed by atoms with Gasteiger partial charge in [-0.2, -0.15) is 5.26 Å². The van der Waals surface area contributed by atoms with Gasteiger partial charge in [0.25, 0.3) is 0 Å². The number of rotatable bonds is 2. The topological polar surface area (TPSA) is 27.0 Å². The number of halogens is 1. The second-order valence-electron chi connectivity index (χ2n) is 5.99. The molecule has 0 spiro atoms. The summed E-state index contributed by atoms with van der Waals surface area (Å²) in [5.41, 5.74) is 3.06. The first-order valence-electron chi connectivity index (χ1n) is 7.41. The lowest BCUT2D eigenvalue weighted by atomic mass is 9.65. The van der Waals surface area contributed by atoms with Gasteiger partial charge in [-0.25, -0.2) is 0 Å². The first-order valence-corrected chi connectivity index (χ1v) is 7.41. The van der Waals surface area contributed by atoms with Crippen LogP contribution in [0.15, 0.2) is 54.6 Å². The van der Waals surface area contributed by atoms with Crippen LogP contribution in [0.1, 0.15) is 35.6 Å². The molecule has 3 heteroatoms. The average Bonchev–Trinajstić information content (AvgIpc) is 2.54. The van der Waals surface area contributed by atoms with Gasteiger partial charge in [-0.1, -0.05) is 54.6 Å². The summed E-state index contributed by atoms with van der Waals surface area (Å²) in [6, 6.07) is 21.7. The van der Waals surface area contributed by atoms with E-state index in [1.54, 1.807) is 0 Å². The molecule has 0 saturated heterocycles. The third kappa shape index (κ3) is 2.52. The fourth-order valence-electron chi connectivity index (χ4n) is 3.56. The van der Waals surface area contributed by atoms with Gasteiger partial charge in [0, 0.05) is 6.04 Å². The van der Waals surface area contributed by atoms with E-state index in [9.17, 15) is 5.26 Å². The summed E-state index contributed by atoms with van der Waals surface area (Å²) in [6.07, 6.45) is 1.87. The number of nitrogens with zero attached hydrogens (tertiary/aromatic N) is 2. The van der Waals surface area contributed by atoms with Crippen molar-refractivity contribution in [2.24, 2.45) is 0 Å². The van der Waals surface area contributed by atoms with Gasteiger partial charge >= 0.3 is 0 Å². The van der Waals surface area contributed by atoms with Crippen LogP contribution in [0.4, 0.5) is 0 Å². The zero-order chi connectivity index (χ0) is 14.9. The molecule has 3 rings (SSSR count). The highest BCUT2D eigenvalue weighted by atomic mass is 35.5. The van der Waals surface area contributed by atoms with Crippen molar-refractivity contribution in [3.63, 3.8) is 0 Å². The minimum absolute atomic E-state index is 0. The summed E-state index contributed by atoms with van der Waals surface area (Å²) < 4.78 is 0. The Bertz CT molecular complexity index is 675. The van der Waals surface area contributed by atoms with Crippen LogP contribution in [0.5, 0.6) is 0 Å². The van der Waals surface area contributed by atoms with Crippen LogP contribution in [0.2, 0.25) is 0 Å². The molecule has 1 aliphatic carbocycles. The molecule has 0 aliphatic heterocycles. The molecule has 0 fully saturated rings. The number of hydrogen-bond donors (Lipinski definition) is 0. The first-order chi connectivity index (χ1) is 10.2. The summed E-state index contributed by atoms with van der Waals surface area (Å²) in [4.78, 5) is 2.26. The number of hydrogen-bond acceptors (Lipinski definition) is 2. The van der Waals surface area contributed by atoms with Gasteiger partial charge < -0.3 is 4.90 Å². The highest BCUT2D eigenvalue weighted by Crippen LogP contribution is 2.46. The maximum Gasteiger partial charge on any atom is 0.107 e. The van der Waals surface area contributed by atoms with E-state index < -0.39 is 5.41 Å². The Hall–Kier alpha value is -1.82. The van der Waals surface area contributed by atoms with Gasteiger partial charge in [-0.05, 0) is 43.6 Å². The smallest absolute Gasteiger partial charge is 0.107 e. The molecule has 114 valence electrons. The van der Waals surface area contributed by atoms with E-state index in [0.717, 1.165) is 18.4 Å². The zero-order valence-corrected chi connectivity index (χ0v) is 13.8. The Morgan fingerprint density at radius 2 is 1.68 bits per heavy atom. The molecule has 2 nitrogen and oxygen atoms in total. The zero-order valence-electron chi connectivity index (χ0n) is 13.0. The van der Waals surface area contributed by atoms with E-state index >= 15 is 0 Å². The van der Waals surface area contributed by atoms with Crippen molar-refractivity contribution in [1.29, 1.82) is 5.26 Å².